The average Bonchev–Trinajstić information content (AvgIpc) is 3.24. The van der Waals surface area contributed by atoms with Crippen molar-refractivity contribution in [3.05, 3.63) is 42.2 Å². The lowest BCUT2D eigenvalue weighted by molar-refractivity contribution is -0.137. The fourth-order valence-corrected chi connectivity index (χ4v) is 3.62. The van der Waals surface area contributed by atoms with Crippen molar-refractivity contribution in [2.45, 2.75) is 33.2 Å². The molecule has 4 aromatic rings. The fraction of sp³-hybridized carbons (Fsp3) is 0.318. The Kier molecular flexibility index (Phi) is 4.91. The summed E-state index contributed by atoms with van der Waals surface area (Å²) < 4.78 is 29.8. The first-order valence-corrected chi connectivity index (χ1v) is 9.82. The molecule has 1 atom stereocenters. The van der Waals surface area contributed by atoms with Crippen LogP contribution in [0.1, 0.15) is 27.2 Å². The molecule has 1 unspecified atom stereocenters. The number of carbonyl (C=O) groups is 1. The van der Waals surface area contributed by atoms with Gasteiger partial charge in [0.2, 0.25) is 0 Å². The van der Waals surface area contributed by atoms with Gasteiger partial charge in [-0.05, 0) is 17.5 Å². The molecule has 162 valence electrons. The largest absolute Gasteiger partial charge is 0.481 e. The van der Waals surface area contributed by atoms with E-state index in [9.17, 15) is 18.7 Å². The Balaban J connectivity index is 1.90. The van der Waals surface area contributed by atoms with Crippen molar-refractivity contribution in [3.63, 3.8) is 0 Å². The number of aryl methyl sites for hydroxylation is 1. The molecule has 0 amide bonds. The van der Waals surface area contributed by atoms with Crippen molar-refractivity contribution < 1.29 is 18.7 Å². The lowest BCUT2D eigenvalue weighted by Gasteiger charge is -2.31. The van der Waals surface area contributed by atoms with Gasteiger partial charge in [0.1, 0.15) is 23.1 Å². The maximum atomic E-state index is 14.2. The SMILES string of the molecule is Cn1ccc2c(NC(CC(=O)O)C(C)(C)C)nc(-c3c[nH]c4c(F)cc(F)cc34)nc21. The minimum atomic E-state index is -0.923. The number of fused-ring (bicyclic) bond motifs is 2. The number of nitrogens with zero attached hydrogens (tertiary/aromatic N) is 3. The van der Waals surface area contributed by atoms with Crippen LogP contribution in [0.4, 0.5) is 14.6 Å². The molecule has 3 heterocycles. The smallest absolute Gasteiger partial charge is 0.305 e. The molecule has 0 fully saturated rings. The maximum Gasteiger partial charge on any atom is 0.305 e. The van der Waals surface area contributed by atoms with E-state index in [-0.39, 0.29) is 23.2 Å². The molecule has 0 aliphatic carbocycles. The lowest BCUT2D eigenvalue weighted by atomic mass is 9.84. The van der Waals surface area contributed by atoms with Crippen molar-refractivity contribution in [3.8, 4) is 11.4 Å². The third-order valence-corrected chi connectivity index (χ3v) is 5.41. The van der Waals surface area contributed by atoms with Gasteiger partial charge >= 0.3 is 5.97 Å². The number of hydrogen-bond acceptors (Lipinski definition) is 4. The molecule has 31 heavy (non-hydrogen) atoms. The number of nitrogens with one attached hydrogen (secondary N) is 2. The van der Waals surface area contributed by atoms with Gasteiger partial charge in [0.05, 0.1) is 17.3 Å². The van der Waals surface area contributed by atoms with E-state index in [4.69, 9.17) is 0 Å². The molecule has 3 aromatic heterocycles. The highest BCUT2D eigenvalue weighted by Crippen LogP contribution is 2.33. The molecule has 0 aliphatic heterocycles. The second kappa shape index (κ2) is 7.33. The second-order valence-electron chi connectivity index (χ2n) is 8.73. The summed E-state index contributed by atoms with van der Waals surface area (Å²) in [6.45, 7) is 5.84. The molecule has 1 aromatic carbocycles. The number of H-pyrrole nitrogens is 1. The molecular weight excluding hydrogens is 404 g/mol. The summed E-state index contributed by atoms with van der Waals surface area (Å²) in [6.07, 6.45) is 3.27. The molecule has 0 radical (unpaired) electrons. The van der Waals surface area contributed by atoms with Gasteiger partial charge in [-0.3, -0.25) is 4.79 Å². The molecule has 0 spiro atoms. The van der Waals surface area contributed by atoms with Crippen molar-refractivity contribution in [1.29, 1.82) is 0 Å². The molecule has 0 saturated carbocycles. The van der Waals surface area contributed by atoms with E-state index in [0.29, 0.717) is 22.4 Å². The van der Waals surface area contributed by atoms with Crippen molar-refractivity contribution in [2.24, 2.45) is 12.5 Å². The number of aromatic amines is 1. The van der Waals surface area contributed by atoms with Gasteiger partial charge in [-0.25, -0.2) is 18.7 Å². The summed E-state index contributed by atoms with van der Waals surface area (Å²) in [6, 6.07) is 3.49. The third kappa shape index (κ3) is 3.83. The molecule has 0 aliphatic rings. The van der Waals surface area contributed by atoms with E-state index in [0.717, 1.165) is 11.5 Å². The number of carboxylic acid groups (broad SMARTS) is 1. The van der Waals surface area contributed by atoms with Gasteiger partial charge in [-0.15, -0.1) is 0 Å². The Morgan fingerprint density at radius 2 is 2.00 bits per heavy atom. The Labute approximate surface area is 177 Å². The van der Waals surface area contributed by atoms with E-state index < -0.39 is 23.6 Å². The molecular formula is C22H23F2N5O2. The van der Waals surface area contributed by atoms with Crippen LogP contribution in [0.25, 0.3) is 33.3 Å². The zero-order valence-electron chi connectivity index (χ0n) is 17.6. The van der Waals surface area contributed by atoms with Gasteiger partial charge in [0, 0.05) is 42.5 Å². The molecule has 9 heteroatoms. The molecule has 0 bridgehead atoms. The molecule has 3 N–H and O–H groups in total. The van der Waals surface area contributed by atoms with E-state index >= 15 is 0 Å². The number of hydrogen-bond donors (Lipinski definition) is 3. The first kappa shape index (κ1) is 20.8. The van der Waals surface area contributed by atoms with Crippen LogP contribution < -0.4 is 5.32 Å². The van der Waals surface area contributed by atoms with Gasteiger partial charge in [0.25, 0.3) is 0 Å². The van der Waals surface area contributed by atoms with Crippen LogP contribution >= 0.6 is 0 Å². The number of aromatic nitrogens is 4. The summed E-state index contributed by atoms with van der Waals surface area (Å²) in [5.74, 6) is -1.58. The van der Waals surface area contributed by atoms with Gasteiger partial charge in [-0.2, -0.15) is 0 Å². The van der Waals surface area contributed by atoms with Crippen LogP contribution in [0, 0.1) is 17.0 Å². The predicted octanol–water partition coefficient (Wildman–Crippen LogP) is 4.70. The van der Waals surface area contributed by atoms with E-state index in [2.05, 4.69) is 20.3 Å². The van der Waals surface area contributed by atoms with Crippen LogP contribution in [-0.4, -0.2) is 36.6 Å². The second-order valence-corrected chi connectivity index (χ2v) is 8.73. The fourth-order valence-electron chi connectivity index (χ4n) is 3.62. The number of rotatable bonds is 5. The number of anilines is 1. The Morgan fingerprint density at radius 1 is 1.26 bits per heavy atom. The van der Waals surface area contributed by atoms with Crippen LogP contribution in [0.15, 0.2) is 30.6 Å². The van der Waals surface area contributed by atoms with Crippen molar-refractivity contribution in [2.75, 3.05) is 5.32 Å². The minimum Gasteiger partial charge on any atom is -0.481 e. The number of aliphatic carboxylic acids is 1. The Morgan fingerprint density at radius 3 is 2.68 bits per heavy atom. The molecule has 0 saturated heterocycles. The highest BCUT2D eigenvalue weighted by atomic mass is 19.1. The van der Waals surface area contributed by atoms with Crippen LogP contribution in [0.5, 0.6) is 0 Å². The summed E-state index contributed by atoms with van der Waals surface area (Å²) in [7, 11) is 1.83. The van der Waals surface area contributed by atoms with Gasteiger partial charge in [0.15, 0.2) is 5.82 Å². The lowest BCUT2D eigenvalue weighted by Crippen LogP contribution is -2.36. The Hall–Kier alpha value is -3.49. The minimum absolute atomic E-state index is 0.0966. The molecule has 4 rings (SSSR count). The van der Waals surface area contributed by atoms with Crippen LogP contribution in [0.3, 0.4) is 0 Å². The summed E-state index contributed by atoms with van der Waals surface area (Å²) in [4.78, 5) is 23.5. The number of benzene rings is 1. The van der Waals surface area contributed by atoms with Crippen LogP contribution in [-0.2, 0) is 11.8 Å². The first-order chi connectivity index (χ1) is 14.5. The Bertz CT molecular complexity index is 1300. The van der Waals surface area contributed by atoms with Crippen molar-refractivity contribution in [1.82, 2.24) is 19.5 Å². The predicted molar refractivity (Wildman–Crippen MR) is 115 cm³/mol. The third-order valence-electron chi connectivity index (χ3n) is 5.41. The number of carboxylic acids is 1. The highest BCUT2D eigenvalue weighted by molar-refractivity contribution is 5.96. The molecule has 7 nitrogen and oxygen atoms in total. The summed E-state index contributed by atoms with van der Waals surface area (Å²) in [5, 5.41) is 13.7. The highest BCUT2D eigenvalue weighted by Gasteiger charge is 2.28. The van der Waals surface area contributed by atoms with Gasteiger partial charge in [-0.1, -0.05) is 20.8 Å². The normalized spacial score (nSPS) is 13.1. The van der Waals surface area contributed by atoms with E-state index in [1.165, 1.54) is 6.07 Å². The average molecular weight is 427 g/mol. The summed E-state index contributed by atoms with van der Waals surface area (Å²) >= 11 is 0. The topological polar surface area (TPSA) is 95.8 Å². The first-order valence-electron chi connectivity index (χ1n) is 9.82. The quantitative estimate of drug-likeness (QED) is 0.429. The van der Waals surface area contributed by atoms with Crippen LogP contribution in [0.2, 0.25) is 0 Å². The van der Waals surface area contributed by atoms with Gasteiger partial charge < -0.3 is 20.0 Å². The number of halogens is 2. The van der Waals surface area contributed by atoms with E-state index in [1.807, 2.05) is 44.6 Å². The monoisotopic (exact) mass is 427 g/mol. The standard InChI is InChI=1S/C22H23F2N5O2/c1-22(2,3)16(9-17(30)31)26-19-12-5-6-29(4)21(12)28-20(27-19)14-10-25-18-13(14)7-11(23)8-15(18)24/h5-8,10,16,25H,9H2,1-4H3,(H,30,31)(H,26,27,28). The maximum absolute atomic E-state index is 14.2. The van der Waals surface area contributed by atoms with Crippen molar-refractivity contribution >= 4 is 33.7 Å². The zero-order chi connectivity index (χ0) is 22.5. The zero-order valence-corrected chi connectivity index (χ0v) is 17.6. The van der Waals surface area contributed by atoms with E-state index in [1.54, 1.807) is 6.20 Å². The summed E-state index contributed by atoms with van der Waals surface area (Å²) in [5.41, 5.74) is 0.865.